The third-order valence-electron chi connectivity index (χ3n) is 6.25. The first-order valence-corrected chi connectivity index (χ1v) is 10.1. The summed E-state index contributed by atoms with van der Waals surface area (Å²) < 4.78 is 5.76. The van der Waals surface area contributed by atoms with E-state index in [0.717, 1.165) is 45.4 Å². The van der Waals surface area contributed by atoms with Crippen molar-refractivity contribution in [3.05, 3.63) is 0 Å². The van der Waals surface area contributed by atoms with Gasteiger partial charge in [0.25, 0.3) is 0 Å². The minimum absolute atomic E-state index is 0.173. The van der Waals surface area contributed by atoms with Crippen LogP contribution in [0, 0.1) is 0 Å². The minimum atomic E-state index is -0.370. The Morgan fingerprint density at radius 1 is 1.23 bits per heavy atom. The van der Waals surface area contributed by atoms with Gasteiger partial charge in [0.1, 0.15) is 5.60 Å². The zero-order valence-corrected chi connectivity index (χ0v) is 16.6. The van der Waals surface area contributed by atoms with E-state index in [2.05, 4.69) is 23.9 Å². The molecule has 3 rings (SSSR count). The molecule has 0 unspecified atom stereocenters. The fraction of sp³-hybridized carbons (Fsp3) is 0.895. The lowest BCUT2D eigenvalue weighted by molar-refractivity contribution is -0.134. The number of rotatable bonds is 6. The van der Waals surface area contributed by atoms with Crippen LogP contribution < -0.4 is 0 Å². The van der Waals surface area contributed by atoms with Crippen LogP contribution in [0.15, 0.2) is 0 Å². The van der Waals surface area contributed by atoms with Crippen LogP contribution in [-0.4, -0.2) is 103 Å². The van der Waals surface area contributed by atoms with Crippen LogP contribution in [0.5, 0.6) is 0 Å². The number of nitrogens with zero attached hydrogens (tertiary/aromatic N) is 4. The standard InChI is InChI=1S/C19H34N4O3/c1-4-17(24)22-12-7-19(8-13-22)15-23(18(25)26-19)10-5-9-21-11-6-16(14-21)20(2)3/h16H,4-15H2,1-3H3/t16-/m0/s1. The van der Waals surface area contributed by atoms with Gasteiger partial charge in [0, 0.05) is 51.5 Å². The summed E-state index contributed by atoms with van der Waals surface area (Å²) in [5, 5.41) is 0. The lowest BCUT2D eigenvalue weighted by Gasteiger charge is -2.37. The van der Waals surface area contributed by atoms with E-state index in [1.165, 1.54) is 6.42 Å². The molecular weight excluding hydrogens is 332 g/mol. The van der Waals surface area contributed by atoms with Crippen molar-refractivity contribution < 1.29 is 14.3 Å². The molecule has 2 amide bonds. The lowest BCUT2D eigenvalue weighted by Crippen LogP contribution is -2.48. The molecular formula is C19H34N4O3. The summed E-state index contributed by atoms with van der Waals surface area (Å²) in [6.45, 7) is 8.06. The lowest BCUT2D eigenvalue weighted by atomic mass is 9.91. The Hall–Kier alpha value is -1.34. The van der Waals surface area contributed by atoms with Crippen LogP contribution in [0.3, 0.4) is 0 Å². The molecule has 7 heteroatoms. The largest absolute Gasteiger partial charge is 0.441 e. The molecule has 3 fully saturated rings. The van der Waals surface area contributed by atoms with Crippen LogP contribution in [0.1, 0.15) is 39.0 Å². The molecule has 3 heterocycles. The third-order valence-corrected chi connectivity index (χ3v) is 6.25. The molecule has 148 valence electrons. The highest BCUT2D eigenvalue weighted by atomic mass is 16.6. The van der Waals surface area contributed by atoms with Crippen LogP contribution in [0.2, 0.25) is 0 Å². The van der Waals surface area contributed by atoms with E-state index in [0.29, 0.717) is 32.1 Å². The molecule has 0 aromatic carbocycles. The first-order valence-electron chi connectivity index (χ1n) is 10.1. The van der Waals surface area contributed by atoms with Gasteiger partial charge in [0.15, 0.2) is 0 Å². The second-order valence-corrected chi connectivity index (χ2v) is 8.27. The number of hydrogen-bond donors (Lipinski definition) is 0. The van der Waals surface area contributed by atoms with Gasteiger partial charge in [0.05, 0.1) is 6.54 Å². The van der Waals surface area contributed by atoms with Crippen molar-refractivity contribution >= 4 is 12.0 Å². The predicted octanol–water partition coefficient (Wildman–Crippen LogP) is 1.24. The third kappa shape index (κ3) is 4.31. The van der Waals surface area contributed by atoms with Gasteiger partial charge in [-0.3, -0.25) is 4.79 Å². The Bertz CT molecular complexity index is 517. The van der Waals surface area contributed by atoms with Gasteiger partial charge >= 0.3 is 6.09 Å². The van der Waals surface area contributed by atoms with Gasteiger partial charge in [-0.1, -0.05) is 6.92 Å². The van der Waals surface area contributed by atoms with E-state index < -0.39 is 0 Å². The van der Waals surface area contributed by atoms with Gasteiger partial charge in [-0.15, -0.1) is 0 Å². The van der Waals surface area contributed by atoms with Gasteiger partial charge < -0.3 is 24.3 Å². The highest BCUT2D eigenvalue weighted by Gasteiger charge is 2.47. The van der Waals surface area contributed by atoms with E-state index >= 15 is 0 Å². The molecule has 3 aliphatic rings. The maximum Gasteiger partial charge on any atom is 0.410 e. The number of carbonyl (C=O) groups excluding carboxylic acids is 2. The molecule has 26 heavy (non-hydrogen) atoms. The van der Waals surface area contributed by atoms with E-state index in [-0.39, 0.29) is 17.6 Å². The first kappa shape index (κ1) is 19.4. The van der Waals surface area contributed by atoms with E-state index in [1.807, 2.05) is 16.7 Å². The Labute approximate surface area is 157 Å². The SMILES string of the molecule is CCC(=O)N1CCC2(CC1)CN(CCCN1CC[C@H](N(C)C)C1)C(=O)O2. The number of ether oxygens (including phenoxy) is 1. The molecule has 0 radical (unpaired) electrons. The van der Waals surface area contributed by atoms with Gasteiger partial charge in [-0.2, -0.15) is 0 Å². The molecule has 7 nitrogen and oxygen atoms in total. The van der Waals surface area contributed by atoms with Crippen molar-refractivity contribution in [3.8, 4) is 0 Å². The molecule has 0 saturated carbocycles. The fourth-order valence-electron chi connectivity index (χ4n) is 4.43. The van der Waals surface area contributed by atoms with E-state index in [9.17, 15) is 9.59 Å². The molecule has 0 aromatic rings. The smallest absolute Gasteiger partial charge is 0.410 e. The Balaban J connectivity index is 1.41. The molecule has 3 aliphatic heterocycles. The van der Waals surface area contributed by atoms with E-state index in [4.69, 9.17) is 4.74 Å². The van der Waals surface area contributed by atoms with Gasteiger partial charge in [-0.05, 0) is 40.0 Å². The number of hydrogen-bond acceptors (Lipinski definition) is 5. The molecule has 0 N–H and O–H groups in total. The normalized spacial score (nSPS) is 26.2. The van der Waals surface area contributed by atoms with Gasteiger partial charge in [-0.25, -0.2) is 4.79 Å². The van der Waals surface area contributed by atoms with Crippen LogP contribution in [0.25, 0.3) is 0 Å². The zero-order valence-electron chi connectivity index (χ0n) is 16.6. The first-order chi connectivity index (χ1) is 12.4. The Kier molecular flexibility index (Phi) is 6.07. The van der Waals surface area contributed by atoms with Crippen LogP contribution >= 0.6 is 0 Å². The van der Waals surface area contributed by atoms with Crippen molar-refractivity contribution in [2.24, 2.45) is 0 Å². The molecule has 3 saturated heterocycles. The highest BCUT2D eigenvalue weighted by Crippen LogP contribution is 2.33. The molecule has 0 bridgehead atoms. The van der Waals surface area contributed by atoms with Crippen LogP contribution in [-0.2, 0) is 9.53 Å². The van der Waals surface area contributed by atoms with Crippen molar-refractivity contribution in [1.82, 2.24) is 19.6 Å². The molecule has 1 spiro atoms. The monoisotopic (exact) mass is 366 g/mol. The number of likely N-dealkylation sites (N-methyl/N-ethyl adjacent to an activating group) is 1. The second kappa shape index (κ2) is 8.13. The number of likely N-dealkylation sites (tertiary alicyclic amines) is 2. The average molecular weight is 367 g/mol. The van der Waals surface area contributed by atoms with Gasteiger partial charge in [0.2, 0.25) is 5.91 Å². The summed E-state index contributed by atoms with van der Waals surface area (Å²) in [5.74, 6) is 0.197. The fourth-order valence-corrected chi connectivity index (χ4v) is 4.43. The summed E-state index contributed by atoms with van der Waals surface area (Å²) in [6, 6.07) is 0.658. The van der Waals surface area contributed by atoms with Crippen molar-refractivity contribution in [2.45, 2.75) is 50.7 Å². The van der Waals surface area contributed by atoms with E-state index in [1.54, 1.807) is 0 Å². The maximum absolute atomic E-state index is 12.3. The van der Waals surface area contributed by atoms with Crippen LogP contribution in [0.4, 0.5) is 4.79 Å². The topological polar surface area (TPSA) is 56.3 Å². The van der Waals surface area contributed by atoms with Crippen molar-refractivity contribution in [1.29, 1.82) is 0 Å². The number of amides is 2. The summed E-state index contributed by atoms with van der Waals surface area (Å²) in [5.41, 5.74) is -0.370. The number of carbonyl (C=O) groups is 2. The quantitative estimate of drug-likeness (QED) is 0.708. The Morgan fingerprint density at radius 2 is 1.96 bits per heavy atom. The molecule has 0 aliphatic carbocycles. The minimum Gasteiger partial charge on any atom is -0.441 e. The maximum atomic E-state index is 12.3. The number of piperidine rings is 1. The molecule has 0 aromatic heterocycles. The Morgan fingerprint density at radius 3 is 2.58 bits per heavy atom. The van der Waals surface area contributed by atoms with Crippen molar-refractivity contribution in [2.75, 3.05) is 59.9 Å². The summed E-state index contributed by atoms with van der Waals surface area (Å²) in [4.78, 5) is 32.7. The highest BCUT2D eigenvalue weighted by molar-refractivity contribution is 5.76. The molecule has 1 atom stereocenters. The summed E-state index contributed by atoms with van der Waals surface area (Å²) in [6.07, 6.45) is 4.12. The second-order valence-electron chi connectivity index (χ2n) is 8.27. The predicted molar refractivity (Wildman–Crippen MR) is 100 cm³/mol. The van der Waals surface area contributed by atoms with Crippen molar-refractivity contribution in [3.63, 3.8) is 0 Å². The zero-order chi connectivity index (χ0) is 18.7. The summed E-state index contributed by atoms with van der Waals surface area (Å²) in [7, 11) is 4.29. The average Bonchev–Trinajstić information content (AvgIpc) is 3.21. The summed E-state index contributed by atoms with van der Waals surface area (Å²) >= 11 is 0.